The minimum Gasteiger partial charge on any atom is -0.477 e. The highest BCUT2D eigenvalue weighted by Crippen LogP contribution is 2.42. The summed E-state index contributed by atoms with van der Waals surface area (Å²) < 4.78 is 5.59. The van der Waals surface area contributed by atoms with Gasteiger partial charge in [0.05, 0.1) is 12.4 Å². The number of hydrogen-bond donors (Lipinski definition) is 3. The molecule has 1 aromatic heterocycles. The van der Waals surface area contributed by atoms with Crippen molar-refractivity contribution >= 4 is 11.9 Å². The summed E-state index contributed by atoms with van der Waals surface area (Å²) in [6.07, 6.45) is 2.03. The summed E-state index contributed by atoms with van der Waals surface area (Å²) in [5.41, 5.74) is -0.458. The van der Waals surface area contributed by atoms with E-state index in [-0.39, 0.29) is 28.9 Å². The Labute approximate surface area is 116 Å². The topological polar surface area (TPSA) is 104 Å². The zero-order valence-electron chi connectivity index (χ0n) is 11.8. The number of H-pyrrole nitrogens is 1. The van der Waals surface area contributed by atoms with Crippen LogP contribution in [0.25, 0.3) is 0 Å². The second kappa shape index (κ2) is 5.24. The van der Waals surface area contributed by atoms with E-state index in [1.165, 1.54) is 6.33 Å². The average Bonchev–Trinajstić information content (AvgIpc) is 2.86. The quantitative estimate of drug-likeness (QED) is 0.748. The third-order valence-corrected chi connectivity index (χ3v) is 3.92. The lowest BCUT2D eigenvalue weighted by Crippen LogP contribution is -2.62. The van der Waals surface area contributed by atoms with Crippen molar-refractivity contribution in [1.82, 2.24) is 15.3 Å². The molecule has 0 aromatic carbocycles. The molecule has 1 aromatic rings. The maximum Gasteiger partial charge on any atom is 0.354 e. The summed E-state index contributed by atoms with van der Waals surface area (Å²) in [6.45, 7) is 6.61. The van der Waals surface area contributed by atoms with Crippen LogP contribution in [0.15, 0.2) is 6.33 Å². The van der Waals surface area contributed by atoms with Gasteiger partial charge in [-0.25, -0.2) is 9.78 Å². The van der Waals surface area contributed by atoms with Gasteiger partial charge in [-0.05, 0) is 13.3 Å². The molecule has 0 radical (unpaired) electrons. The lowest BCUT2D eigenvalue weighted by Gasteiger charge is -2.51. The summed E-state index contributed by atoms with van der Waals surface area (Å²) in [4.78, 5) is 29.3. The Kier molecular flexibility index (Phi) is 3.80. The number of aromatic nitrogens is 2. The third-order valence-electron chi connectivity index (χ3n) is 3.92. The Balaban J connectivity index is 2.03. The van der Waals surface area contributed by atoms with Crippen LogP contribution in [0.4, 0.5) is 0 Å². The summed E-state index contributed by atoms with van der Waals surface area (Å²) in [5.74, 6) is -1.68. The molecule has 1 heterocycles. The summed E-state index contributed by atoms with van der Waals surface area (Å²) in [6, 6.07) is -0.0510. The third kappa shape index (κ3) is 2.40. The molecule has 1 aliphatic carbocycles. The summed E-state index contributed by atoms with van der Waals surface area (Å²) in [5, 5.41) is 11.8. The lowest BCUT2D eigenvalue weighted by molar-refractivity contribution is -0.111. The predicted molar refractivity (Wildman–Crippen MR) is 70.6 cm³/mol. The van der Waals surface area contributed by atoms with Gasteiger partial charge in [-0.15, -0.1) is 0 Å². The first-order valence-corrected chi connectivity index (χ1v) is 6.57. The number of amides is 1. The van der Waals surface area contributed by atoms with Crippen LogP contribution >= 0.6 is 0 Å². The van der Waals surface area contributed by atoms with Crippen LogP contribution in [0.5, 0.6) is 0 Å². The van der Waals surface area contributed by atoms with Crippen LogP contribution in [0, 0.1) is 5.41 Å². The van der Waals surface area contributed by atoms with Crippen molar-refractivity contribution in [3.63, 3.8) is 0 Å². The fourth-order valence-corrected chi connectivity index (χ4v) is 2.47. The van der Waals surface area contributed by atoms with Crippen LogP contribution in [-0.4, -0.2) is 45.7 Å². The second-order valence-corrected chi connectivity index (χ2v) is 5.46. The number of carbonyl (C=O) groups is 2. The van der Waals surface area contributed by atoms with Crippen molar-refractivity contribution in [2.75, 3.05) is 6.61 Å². The van der Waals surface area contributed by atoms with Crippen molar-refractivity contribution < 1.29 is 19.4 Å². The fraction of sp³-hybridized carbons (Fsp3) is 0.615. The number of aromatic amines is 1. The van der Waals surface area contributed by atoms with E-state index in [2.05, 4.69) is 15.3 Å². The van der Waals surface area contributed by atoms with E-state index in [0.29, 0.717) is 6.61 Å². The van der Waals surface area contributed by atoms with Gasteiger partial charge in [0.25, 0.3) is 5.91 Å². The molecule has 1 aliphatic rings. The standard InChI is InChI=1S/C13H19N3O4/c1-4-20-8-5-7(13(8,2)3)16-11(17)9-10(12(18)19)15-6-14-9/h6-8H,4-5H2,1-3H3,(H,14,15)(H,16,17)(H,18,19). The van der Waals surface area contributed by atoms with E-state index in [1.807, 2.05) is 20.8 Å². The fourth-order valence-electron chi connectivity index (χ4n) is 2.47. The van der Waals surface area contributed by atoms with E-state index in [1.54, 1.807) is 0 Å². The highest BCUT2D eigenvalue weighted by molar-refractivity contribution is 6.02. The number of nitrogens with zero attached hydrogens (tertiary/aromatic N) is 1. The van der Waals surface area contributed by atoms with Crippen molar-refractivity contribution in [1.29, 1.82) is 0 Å². The summed E-state index contributed by atoms with van der Waals surface area (Å²) in [7, 11) is 0. The molecule has 110 valence electrons. The monoisotopic (exact) mass is 281 g/mol. The zero-order valence-corrected chi connectivity index (χ0v) is 11.8. The molecule has 7 nitrogen and oxygen atoms in total. The van der Waals surface area contributed by atoms with Gasteiger partial charge >= 0.3 is 5.97 Å². The zero-order chi connectivity index (χ0) is 14.9. The molecule has 2 atom stereocenters. The first-order valence-electron chi connectivity index (χ1n) is 6.57. The number of carbonyl (C=O) groups excluding carboxylic acids is 1. The smallest absolute Gasteiger partial charge is 0.354 e. The molecule has 3 N–H and O–H groups in total. The van der Waals surface area contributed by atoms with Gasteiger partial charge in [0.2, 0.25) is 0 Å². The number of carboxylic acids is 1. The lowest BCUT2D eigenvalue weighted by atomic mass is 9.64. The first kappa shape index (κ1) is 14.5. The van der Waals surface area contributed by atoms with Crippen LogP contribution < -0.4 is 5.32 Å². The number of aromatic carboxylic acids is 1. The van der Waals surface area contributed by atoms with E-state index in [9.17, 15) is 9.59 Å². The molecule has 0 aliphatic heterocycles. The molecule has 7 heteroatoms. The van der Waals surface area contributed by atoms with Gasteiger partial charge in [0, 0.05) is 18.1 Å². The van der Waals surface area contributed by atoms with Crippen molar-refractivity contribution in [3.05, 3.63) is 17.7 Å². The molecular weight excluding hydrogens is 262 g/mol. The molecule has 0 spiro atoms. The highest BCUT2D eigenvalue weighted by atomic mass is 16.5. The maximum absolute atomic E-state index is 12.1. The highest BCUT2D eigenvalue weighted by Gasteiger charge is 2.49. The number of imidazole rings is 1. The molecule has 20 heavy (non-hydrogen) atoms. The van der Waals surface area contributed by atoms with Crippen LogP contribution in [-0.2, 0) is 4.74 Å². The molecule has 2 rings (SSSR count). The van der Waals surface area contributed by atoms with E-state index in [4.69, 9.17) is 9.84 Å². The minimum atomic E-state index is -1.20. The number of carboxylic acid groups (broad SMARTS) is 1. The number of rotatable bonds is 5. The minimum absolute atomic E-state index is 0.0510. The second-order valence-electron chi connectivity index (χ2n) is 5.46. The van der Waals surface area contributed by atoms with Gasteiger partial charge < -0.3 is 20.1 Å². The Bertz CT molecular complexity index is 523. The van der Waals surface area contributed by atoms with Gasteiger partial charge in [0.15, 0.2) is 11.4 Å². The Hall–Kier alpha value is -1.89. The van der Waals surface area contributed by atoms with E-state index in [0.717, 1.165) is 6.42 Å². The van der Waals surface area contributed by atoms with Crippen molar-refractivity contribution in [3.8, 4) is 0 Å². The average molecular weight is 281 g/mol. The SMILES string of the molecule is CCOC1CC(NC(=O)c2nc[nH]c2C(=O)O)C1(C)C. The largest absolute Gasteiger partial charge is 0.477 e. The molecule has 0 saturated heterocycles. The van der Waals surface area contributed by atoms with Gasteiger partial charge in [-0.2, -0.15) is 0 Å². The Morgan fingerprint density at radius 2 is 2.30 bits per heavy atom. The van der Waals surface area contributed by atoms with Crippen LogP contribution in [0.2, 0.25) is 0 Å². The predicted octanol–water partition coefficient (Wildman–Crippen LogP) is 1.04. The van der Waals surface area contributed by atoms with Gasteiger partial charge in [-0.1, -0.05) is 13.8 Å². The van der Waals surface area contributed by atoms with Crippen molar-refractivity contribution in [2.45, 2.75) is 39.3 Å². The molecule has 1 fully saturated rings. The Morgan fingerprint density at radius 1 is 1.60 bits per heavy atom. The molecule has 2 unspecified atom stereocenters. The maximum atomic E-state index is 12.1. The number of ether oxygens (including phenoxy) is 1. The van der Waals surface area contributed by atoms with Crippen LogP contribution in [0.1, 0.15) is 48.2 Å². The number of nitrogens with one attached hydrogen (secondary N) is 2. The Morgan fingerprint density at radius 3 is 2.85 bits per heavy atom. The molecular formula is C13H19N3O4. The van der Waals surface area contributed by atoms with E-state index < -0.39 is 11.9 Å². The molecule has 1 saturated carbocycles. The first-order chi connectivity index (χ1) is 9.37. The van der Waals surface area contributed by atoms with Crippen LogP contribution in [0.3, 0.4) is 0 Å². The normalized spacial score (nSPS) is 23.9. The molecule has 1 amide bonds. The van der Waals surface area contributed by atoms with E-state index >= 15 is 0 Å². The molecule has 0 bridgehead atoms. The van der Waals surface area contributed by atoms with Gasteiger partial charge in [-0.3, -0.25) is 4.79 Å². The summed E-state index contributed by atoms with van der Waals surface area (Å²) >= 11 is 0. The van der Waals surface area contributed by atoms with Gasteiger partial charge in [0.1, 0.15) is 0 Å². The van der Waals surface area contributed by atoms with Crippen molar-refractivity contribution in [2.24, 2.45) is 5.41 Å². The number of hydrogen-bond acceptors (Lipinski definition) is 4.